The van der Waals surface area contributed by atoms with Crippen LogP contribution in [0.25, 0.3) is 0 Å². The number of piperazine rings is 1. The minimum absolute atomic E-state index is 0.00146. The summed E-state index contributed by atoms with van der Waals surface area (Å²) in [5.41, 5.74) is 1.24. The third kappa shape index (κ3) is 5.18. The van der Waals surface area contributed by atoms with Crippen LogP contribution >= 0.6 is 23.2 Å². The molecule has 1 fully saturated rings. The van der Waals surface area contributed by atoms with Crippen LogP contribution in [-0.2, 0) is 0 Å². The number of hydrogen-bond acceptors (Lipinski definition) is 7. The maximum atomic E-state index is 13.9. The highest BCUT2D eigenvalue weighted by atomic mass is 35.5. The number of ether oxygens (including phenoxy) is 1. The summed E-state index contributed by atoms with van der Waals surface area (Å²) >= 11 is 12.3. The molecule has 2 aromatic carbocycles. The fraction of sp³-hybridized carbons (Fsp3) is 0.280. The summed E-state index contributed by atoms with van der Waals surface area (Å²) in [5, 5.41) is 17.0. The Hall–Kier alpha value is -3.47. The first-order valence-electron chi connectivity index (χ1n) is 11.6. The summed E-state index contributed by atoms with van der Waals surface area (Å²) in [4.78, 5) is 27.5. The van der Waals surface area contributed by atoms with E-state index in [0.29, 0.717) is 24.3 Å². The van der Waals surface area contributed by atoms with Crippen LogP contribution in [0.2, 0.25) is 10.0 Å². The van der Waals surface area contributed by atoms with Crippen molar-refractivity contribution < 1.29 is 18.7 Å². The second-order valence-electron chi connectivity index (χ2n) is 9.05. The second kappa shape index (κ2) is 10.1. The lowest BCUT2D eigenvalue weighted by atomic mass is 10.1. The molecular weight excluding hydrogens is 522 g/mol. The van der Waals surface area contributed by atoms with E-state index in [4.69, 9.17) is 27.9 Å². The quantitative estimate of drug-likeness (QED) is 0.415. The van der Waals surface area contributed by atoms with Gasteiger partial charge in [-0.25, -0.2) is 4.39 Å². The average molecular weight is 545 g/mol. The Kier molecular flexibility index (Phi) is 6.89. The molecule has 9 nitrogen and oxygen atoms in total. The number of carbonyl (C=O) groups is 2. The fourth-order valence-electron chi connectivity index (χ4n) is 4.44. The lowest BCUT2D eigenvalue weighted by Gasteiger charge is -2.36. The minimum atomic E-state index is -0.898. The van der Waals surface area contributed by atoms with Gasteiger partial charge < -0.3 is 25.6 Å². The van der Waals surface area contributed by atoms with Gasteiger partial charge in [0, 0.05) is 42.5 Å². The van der Waals surface area contributed by atoms with Gasteiger partial charge in [-0.2, -0.15) is 0 Å². The van der Waals surface area contributed by atoms with E-state index in [2.05, 4.69) is 26.1 Å². The molecule has 12 heteroatoms. The highest BCUT2D eigenvalue weighted by Gasteiger charge is 2.31. The van der Waals surface area contributed by atoms with Gasteiger partial charge in [-0.1, -0.05) is 23.2 Å². The number of benzene rings is 2. The molecule has 3 atom stereocenters. The lowest BCUT2D eigenvalue weighted by Crippen LogP contribution is -2.55. The molecule has 2 unspecified atom stereocenters. The molecule has 2 amide bonds. The zero-order valence-corrected chi connectivity index (χ0v) is 21.4. The van der Waals surface area contributed by atoms with E-state index in [-0.39, 0.29) is 50.9 Å². The number of amides is 2. The van der Waals surface area contributed by atoms with Gasteiger partial charge in [-0.15, -0.1) is 10.2 Å². The van der Waals surface area contributed by atoms with E-state index in [0.717, 1.165) is 6.07 Å². The van der Waals surface area contributed by atoms with Crippen molar-refractivity contribution in [3.63, 3.8) is 0 Å². The van der Waals surface area contributed by atoms with Crippen LogP contribution in [0.3, 0.4) is 0 Å². The molecule has 5 rings (SSSR count). The highest BCUT2D eigenvalue weighted by molar-refractivity contribution is 6.36. The molecule has 192 valence electrons. The van der Waals surface area contributed by atoms with Crippen LogP contribution in [0, 0.1) is 5.82 Å². The Morgan fingerprint density at radius 1 is 1.08 bits per heavy atom. The fourth-order valence-corrected chi connectivity index (χ4v) is 5.01. The number of aromatic nitrogens is 2. The van der Waals surface area contributed by atoms with Crippen molar-refractivity contribution in [2.75, 3.05) is 23.7 Å². The highest BCUT2D eigenvalue weighted by Crippen LogP contribution is 2.41. The van der Waals surface area contributed by atoms with Gasteiger partial charge in [0.05, 0.1) is 15.6 Å². The number of rotatable bonds is 4. The van der Waals surface area contributed by atoms with Gasteiger partial charge in [-0.3, -0.25) is 9.59 Å². The van der Waals surface area contributed by atoms with Gasteiger partial charge in [0.2, 0.25) is 6.23 Å². The Morgan fingerprint density at radius 3 is 2.49 bits per heavy atom. The van der Waals surface area contributed by atoms with Crippen molar-refractivity contribution in [1.82, 2.24) is 20.4 Å². The summed E-state index contributed by atoms with van der Waals surface area (Å²) in [7, 11) is 0. The molecule has 2 aliphatic rings. The van der Waals surface area contributed by atoms with Crippen LogP contribution in [0.1, 0.15) is 46.5 Å². The number of fused-ring (bicyclic) bond motifs is 1. The summed E-state index contributed by atoms with van der Waals surface area (Å²) in [5.74, 6) is -0.717. The molecule has 0 radical (unpaired) electrons. The van der Waals surface area contributed by atoms with E-state index >= 15 is 0 Å². The predicted molar refractivity (Wildman–Crippen MR) is 138 cm³/mol. The van der Waals surface area contributed by atoms with Crippen LogP contribution < -0.4 is 20.7 Å². The van der Waals surface area contributed by atoms with Crippen LogP contribution in [0.15, 0.2) is 42.5 Å². The zero-order chi connectivity index (χ0) is 26.3. The molecule has 0 spiro atoms. The first-order chi connectivity index (χ1) is 17.7. The molecule has 37 heavy (non-hydrogen) atoms. The second-order valence-corrected chi connectivity index (χ2v) is 9.84. The van der Waals surface area contributed by atoms with E-state index in [1.54, 1.807) is 24.3 Å². The lowest BCUT2D eigenvalue weighted by molar-refractivity contribution is 0.0673. The number of nitrogens with zero attached hydrogens (tertiary/aromatic N) is 3. The molecule has 2 aliphatic heterocycles. The smallest absolute Gasteiger partial charge is 0.276 e. The first kappa shape index (κ1) is 25.2. The number of halogens is 3. The van der Waals surface area contributed by atoms with Gasteiger partial charge in [-0.05, 0) is 50.2 Å². The van der Waals surface area contributed by atoms with Crippen molar-refractivity contribution in [2.24, 2.45) is 0 Å². The topological polar surface area (TPSA) is 108 Å². The molecule has 3 aromatic rings. The third-order valence-corrected chi connectivity index (χ3v) is 6.79. The van der Waals surface area contributed by atoms with Crippen LogP contribution in [0.5, 0.6) is 5.75 Å². The predicted octanol–water partition coefficient (Wildman–Crippen LogP) is 4.50. The van der Waals surface area contributed by atoms with Gasteiger partial charge in [0.1, 0.15) is 5.82 Å². The Balaban J connectivity index is 1.25. The van der Waals surface area contributed by atoms with Crippen molar-refractivity contribution in [3.8, 4) is 5.75 Å². The standard InChI is InChI=1S/C25H23Cl2FN6O3/c1-12-10-34(11-13(2)29-12)25(36)14-3-5-15(6-4-14)30-23(35)18-9-19-22(33-32-18)31-24(37-19)20-16(26)7-8-17(28)21(20)27/h3-9,12-13,24,29H,10-11H2,1-2H3,(H,30,35)(H,31,33)/t12?,13?,24-/m0/s1. The SMILES string of the molecule is CC1CN(C(=O)c2ccc(NC(=O)c3cc4c(nn3)N[C@H](c3c(Cl)ccc(F)c3Cl)O4)cc2)CC(C)N1. The molecule has 3 heterocycles. The molecule has 0 bridgehead atoms. The van der Waals surface area contributed by atoms with Crippen LogP contribution in [-0.4, -0.2) is 52.1 Å². The normalized spacial score (nSPS) is 20.6. The van der Waals surface area contributed by atoms with E-state index in [1.165, 1.54) is 12.1 Å². The molecular formula is C25H23Cl2FN6O3. The van der Waals surface area contributed by atoms with Crippen molar-refractivity contribution >= 4 is 46.5 Å². The van der Waals surface area contributed by atoms with Crippen LogP contribution in [0.4, 0.5) is 15.9 Å². The van der Waals surface area contributed by atoms with Crippen molar-refractivity contribution in [2.45, 2.75) is 32.2 Å². The minimum Gasteiger partial charge on any atom is -0.462 e. The summed E-state index contributed by atoms with van der Waals surface area (Å²) < 4.78 is 19.7. The first-order valence-corrected chi connectivity index (χ1v) is 12.4. The number of carbonyl (C=O) groups excluding carboxylic acids is 2. The van der Waals surface area contributed by atoms with E-state index < -0.39 is 18.0 Å². The largest absolute Gasteiger partial charge is 0.462 e. The number of anilines is 2. The monoisotopic (exact) mass is 544 g/mol. The maximum absolute atomic E-state index is 13.9. The van der Waals surface area contributed by atoms with Gasteiger partial charge in [0.15, 0.2) is 17.3 Å². The average Bonchev–Trinajstić information content (AvgIpc) is 3.29. The molecule has 1 aromatic heterocycles. The Bertz CT molecular complexity index is 1360. The van der Waals surface area contributed by atoms with E-state index in [9.17, 15) is 14.0 Å². The zero-order valence-electron chi connectivity index (χ0n) is 19.9. The van der Waals surface area contributed by atoms with Crippen molar-refractivity contribution in [1.29, 1.82) is 0 Å². The summed E-state index contributed by atoms with van der Waals surface area (Å²) in [6, 6.07) is 11.0. The number of hydrogen-bond donors (Lipinski definition) is 3. The Morgan fingerprint density at radius 2 is 1.78 bits per heavy atom. The summed E-state index contributed by atoms with van der Waals surface area (Å²) in [6.07, 6.45) is -0.898. The molecule has 0 aliphatic carbocycles. The third-order valence-electron chi connectivity index (χ3n) is 6.08. The molecule has 0 saturated carbocycles. The number of nitrogens with one attached hydrogen (secondary N) is 3. The maximum Gasteiger partial charge on any atom is 0.276 e. The van der Waals surface area contributed by atoms with E-state index in [1.807, 2.05) is 18.7 Å². The van der Waals surface area contributed by atoms with Gasteiger partial charge in [0.25, 0.3) is 11.8 Å². The Labute approximate surface area is 222 Å². The molecule has 1 saturated heterocycles. The van der Waals surface area contributed by atoms with Gasteiger partial charge >= 0.3 is 0 Å². The summed E-state index contributed by atoms with van der Waals surface area (Å²) in [6.45, 7) is 5.36. The van der Waals surface area contributed by atoms with Crippen molar-refractivity contribution in [3.05, 3.63) is 75.1 Å². The molecule has 3 N–H and O–H groups in total.